The summed E-state index contributed by atoms with van der Waals surface area (Å²) in [5, 5.41) is 14.6. The van der Waals surface area contributed by atoms with Crippen LogP contribution in [-0.2, 0) is 6.54 Å². The summed E-state index contributed by atoms with van der Waals surface area (Å²) in [6.07, 6.45) is 4.34. The topological polar surface area (TPSA) is 50.9 Å². The molecule has 84 valence electrons. The van der Waals surface area contributed by atoms with Crippen molar-refractivity contribution in [2.75, 3.05) is 0 Å². The first-order chi connectivity index (χ1) is 7.70. The molecule has 0 aliphatic heterocycles. The molecule has 4 nitrogen and oxygen atoms in total. The fourth-order valence-corrected chi connectivity index (χ4v) is 1.55. The van der Waals surface area contributed by atoms with Crippen molar-refractivity contribution in [3.05, 3.63) is 47.0 Å². The molecule has 0 saturated carbocycles. The van der Waals surface area contributed by atoms with Gasteiger partial charge in [-0.1, -0.05) is 17.7 Å². The molecule has 0 aliphatic carbocycles. The zero-order valence-electron chi connectivity index (χ0n) is 8.84. The molecular weight excluding hydrogens is 226 g/mol. The van der Waals surface area contributed by atoms with E-state index < -0.39 is 6.10 Å². The summed E-state index contributed by atoms with van der Waals surface area (Å²) >= 11 is 5.68. The second-order valence-corrected chi connectivity index (χ2v) is 3.83. The van der Waals surface area contributed by atoms with Crippen molar-refractivity contribution in [1.82, 2.24) is 14.8 Å². The van der Waals surface area contributed by atoms with Gasteiger partial charge in [0.25, 0.3) is 0 Å². The van der Waals surface area contributed by atoms with Crippen LogP contribution in [0.4, 0.5) is 0 Å². The van der Waals surface area contributed by atoms with Crippen molar-refractivity contribution in [2.24, 2.45) is 0 Å². The van der Waals surface area contributed by atoms with E-state index in [9.17, 15) is 5.11 Å². The van der Waals surface area contributed by atoms with E-state index in [1.54, 1.807) is 29.2 Å². The Kier molecular flexibility index (Phi) is 3.22. The third-order valence-electron chi connectivity index (χ3n) is 2.36. The van der Waals surface area contributed by atoms with Gasteiger partial charge in [-0.05, 0) is 13.0 Å². The number of nitrogens with zero attached hydrogens (tertiary/aromatic N) is 3. The van der Waals surface area contributed by atoms with Gasteiger partial charge >= 0.3 is 0 Å². The quantitative estimate of drug-likeness (QED) is 0.832. The molecule has 2 aromatic rings. The van der Waals surface area contributed by atoms with Crippen LogP contribution >= 0.6 is 11.6 Å². The fraction of sp³-hybridized carbons (Fsp3) is 0.273. The Balaban J connectivity index is 2.24. The third kappa shape index (κ3) is 2.23. The Morgan fingerprint density at radius 2 is 2.19 bits per heavy atom. The summed E-state index contributed by atoms with van der Waals surface area (Å²) in [6, 6.07) is 3.41. The van der Waals surface area contributed by atoms with Crippen LogP contribution in [0.2, 0.25) is 5.15 Å². The van der Waals surface area contributed by atoms with E-state index in [2.05, 4.69) is 10.1 Å². The zero-order valence-corrected chi connectivity index (χ0v) is 9.59. The number of hydrogen-bond acceptors (Lipinski definition) is 3. The SMILES string of the molecule is CCn1cc(C(O)c2ccc(Cl)nc2)cn1. The van der Waals surface area contributed by atoms with Crippen LogP contribution in [0.15, 0.2) is 30.7 Å². The maximum absolute atomic E-state index is 10.1. The highest BCUT2D eigenvalue weighted by atomic mass is 35.5. The molecular formula is C11H12ClN3O. The largest absolute Gasteiger partial charge is 0.383 e. The van der Waals surface area contributed by atoms with Gasteiger partial charge in [0.15, 0.2) is 0 Å². The van der Waals surface area contributed by atoms with Gasteiger partial charge < -0.3 is 5.11 Å². The van der Waals surface area contributed by atoms with Crippen molar-refractivity contribution in [3.8, 4) is 0 Å². The Bertz CT molecular complexity index is 466. The van der Waals surface area contributed by atoms with Crippen LogP contribution in [0.1, 0.15) is 24.2 Å². The summed E-state index contributed by atoms with van der Waals surface area (Å²) in [4.78, 5) is 3.93. The molecule has 2 aromatic heterocycles. The van der Waals surface area contributed by atoms with Crippen molar-refractivity contribution in [1.29, 1.82) is 0 Å². The normalized spacial score (nSPS) is 12.7. The number of aryl methyl sites for hydroxylation is 1. The van der Waals surface area contributed by atoms with Gasteiger partial charge in [-0.2, -0.15) is 5.10 Å². The summed E-state index contributed by atoms with van der Waals surface area (Å²) < 4.78 is 1.77. The molecule has 0 saturated heterocycles. The minimum absolute atomic E-state index is 0.417. The number of halogens is 1. The predicted octanol–water partition coefficient (Wildman–Crippen LogP) is 2.03. The van der Waals surface area contributed by atoms with Crippen LogP contribution in [0.25, 0.3) is 0 Å². The molecule has 0 bridgehead atoms. The molecule has 1 unspecified atom stereocenters. The minimum atomic E-state index is -0.704. The average molecular weight is 238 g/mol. The summed E-state index contributed by atoms with van der Waals surface area (Å²) in [5.41, 5.74) is 1.46. The Morgan fingerprint density at radius 3 is 2.75 bits per heavy atom. The van der Waals surface area contributed by atoms with Gasteiger partial charge in [0.05, 0.1) is 6.20 Å². The molecule has 2 rings (SSSR count). The number of hydrogen-bond donors (Lipinski definition) is 1. The number of pyridine rings is 1. The van der Waals surface area contributed by atoms with Gasteiger partial charge in [-0.15, -0.1) is 0 Å². The average Bonchev–Trinajstić information content (AvgIpc) is 2.77. The fourth-order valence-electron chi connectivity index (χ4n) is 1.44. The predicted molar refractivity (Wildman–Crippen MR) is 61.2 cm³/mol. The van der Waals surface area contributed by atoms with Crippen LogP contribution in [0.3, 0.4) is 0 Å². The highest BCUT2D eigenvalue weighted by Crippen LogP contribution is 2.21. The summed E-state index contributed by atoms with van der Waals surface area (Å²) in [5.74, 6) is 0. The minimum Gasteiger partial charge on any atom is -0.383 e. The first-order valence-electron chi connectivity index (χ1n) is 5.02. The lowest BCUT2D eigenvalue weighted by molar-refractivity contribution is 0.220. The number of aromatic nitrogens is 3. The summed E-state index contributed by atoms with van der Waals surface area (Å²) in [7, 11) is 0. The van der Waals surface area contributed by atoms with Gasteiger partial charge in [0.1, 0.15) is 11.3 Å². The molecule has 0 aromatic carbocycles. The highest BCUT2D eigenvalue weighted by Gasteiger charge is 2.12. The van der Waals surface area contributed by atoms with Crippen LogP contribution in [-0.4, -0.2) is 19.9 Å². The van der Waals surface area contributed by atoms with Crippen molar-refractivity contribution in [2.45, 2.75) is 19.6 Å². The van der Waals surface area contributed by atoms with E-state index in [0.717, 1.165) is 12.1 Å². The Labute approximate surface area is 98.5 Å². The second-order valence-electron chi connectivity index (χ2n) is 3.45. The van der Waals surface area contributed by atoms with E-state index in [0.29, 0.717) is 10.7 Å². The molecule has 0 aliphatic rings. The lowest BCUT2D eigenvalue weighted by Gasteiger charge is -2.07. The van der Waals surface area contributed by atoms with Crippen LogP contribution in [0.5, 0.6) is 0 Å². The molecule has 1 N–H and O–H groups in total. The number of aliphatic hydroxyl groups is 1. The maximum Gasteiger partial charge on any atom is 0.129 e. The van der Waals surface area contributed by atoms with Crippen molar-refractivity contribution < 1.29 is 5.11 Å². The first kappa shape index (κ1) is 11.1. The Hall–Kier alpha value is -1.39. The van der Waals surface area contributed by atoms with Crippen LogP contribution < -0.4 is 0 Å². The second kappa shape index (κ2) is 4.63. The molecule has 0 spiro atoms. The van der Waals surface area contributed by atoms with E-state index in [-0.39, 0.29) is 0 Å². The monoisotopic (exact) mass is 237 g/mol. The van der Waals surface area contributed by atoms with E-state index in [1.807, 2.05) is 13.1 Å². The van der Waals surface area contributed by atoms with Crippen molar-refractivity contribution in [3.63, 3.8) is 0 Å². The van der Waals surface area contributed by atoms with Gasteiger partial charge in [-0.3, -0.25) is 4.68 Å². The molecule has 2 heterocycles. The Morgan fingerprint density at radius 1 is 1.38 bits per heavy atom. The highest BCUT2D eigenvalue weighted by molar-refractivity contribution is 6.29. The van der Waals surface area contributed by atoms with E-state index >= 15 is 0 Å². The van der Waals surface area contributed by atoms with Crippen molar-refractivity contribution >= 4 is 11.6 Å². The summed E-state index contributed by atoms with van der Waals surface area (Å²) in [6.45, 7) is 2.78. The number of aliphatic hydroxyl groups excluding tert-OH is 1. The lowest BCUT2D eigenvalue weighted by atomic mass is 10.1. The third-order valence-corrected chi connectivity index (χ3v) is 2.58. The molecule has 1 atom stereocenters. The van der Waals surface area contributed by atoms with E-state index in [1.165, 1.54) is 0 Å². The van der Waals surface area contributed by atoms with E-state index in [4.69, 9.17) is 11.6 Å². The maximum atomic E-state index is 10.1. The molecule has 16 heavy (non-hydrogen) atoms. The van der Waals surface area contributed by atoms with Gasteiger partial charge in [0.2, 0.25) is 0 Å². The van der Waals surface area contributed by atoms with Gasteiger partial charge in [0, 0.05) is 30.1 Å². The molecule has 0 radical (unpaired) electrons. The van der Waals surface area contributed by atoms with Gasteiger partial charge in [-0.25, -0.2) is 4.98 Å². The standard InChI is InChI=1S/C11H12ClN3O/c1-2-15-7-9(6-14-15)11(16)8-3-4-10(12)13-5-8/h3-7,11,16H,2H2,1H3. The molecule has 5 heteroatoms. The lowest BCUT2D eigenvalue weighted by Crippen LogP contribution is -1.99. The van der Waals surface area contributed by atoms with Crippen LogP contribution in [0, 0.1) is 0 Å². The molecule has 0 amide bonds. The zero-order chi connectivity index (χ0) is 11.5. The first-order valence-corrected chi connectivity index (χ1v) is 5.40. The smallest absolute Gasteiger partial charge is 0.129 e. The number of rotatable bonds is 3. The molecule has 0 fully saturated rings.